The van der Waals surface area contributed by atoms with Crippen molar-refractivity contribution in [3.8, 4) is 0 Å². The highest BCUT2D eigenvalue weighted by molar-refractivity contribution is 6.30. The summed E-state index contributed by atoms with van der Waals surface area (Å²) in [7, 11) is 0. The molecule has 12 heavy (non-hydrogen) atoms. The summed E-state index contributed by atoms with van der Waals surface area (Å²) >= 11 is 5.87. The zero-order chi connectivity index (χ0) is 9.35. The Kier molecular flexibility index (Phi) is 2.34. The van der Waals surface area contributed by atoms with Gasteiger partial charge in [0.15, 0.2) is 0 Å². The fourth-order valence-corrected chi connectivity index (χ4v) is 1.35. The van der Waals surface area contributed by atoms with Crippen LogP contribution in [0, 0.1) is 0 Å². The van der Waals surface area contributed by atoms with Crippen LogP contribution in [0.2, 0.25) is 5.02 Å². The number of anilines is 1. The average molecular weight is 184 g/mol. The van der Waals surface area contributed by atoms with Crippen molar-refractivity contribution < 1.29 is 0 Å². The molecular weight excluding hydrogens is 170 g/mol. The first-order valence-corrected chi connectivity index (χ1v) is 4.34. The number of nitrogen functional groups attached to an aromatic ring is 1. The SMILES string of the molecule is CC(C)(C)c1cc(Cl)ccc1N. The maximum atomic E-state index is 5.87. The third kappa shape index (κ3) is 1.92. The van der Waals surface area contributed by atoms with Crippen molar-refractivity contribution >= 4 is 17.3 Å². The molecule has 0 saturated carbocycles. The van der Waals surface area contributed by atoms with E-state index in [1.807, 2.05) is 18.2 Å². The van der Waals surface area contributed by atoms with Gasteiger partial charge in [0, 0.05) is 10.7 Å². The van der Waals surface area contributed by atoms with Crippen LogP contribution in [0.4, 0.5) is 5.69 Å². The monoisotopic (exact) mass is 183 g/mol. The molecular formula is C10H14ClN. The Balaban J connectivity index is 3.23. The van der Waals surface area contributed by atoms with E-state index in [0.29, 0.717) is 0 Å². The molecule has 0 bridgehead atoms. The average Bonchev–Trinajstić information content (AvgIpc) is 1.92. The lowest BCUT2D eigenvalue weighted by atomic mass is 9.86. The predicted molar refractivity (Wildman–Crippen MR) is 54.6 cm³/mol. The molecule has 2 N–H and O–H groups in total. The summed E-state index contributed by atoms with van der Waals surface area (Å²) in [4.78, 5) is 0. The smallest absolute Gasteiger partial charge is 0.0410 e. The fourth-order valence-electron chi connectivity index (χ4n) is 1.18. The molecule has 0 unspecified atom stereocenters. The summed E-state index contributed by atoms with van der Waals surface area (Å²) in [6.07, 6.45) is 0. The van der Waals surface area contributed by atoms with E-state index < -0.39 is 0 Å². The Labute approximate surface area is 78.5 Å². The van der Waals surface area contributed by atoms with Crippen LogP contribution in [-0.4, -0.2) is 0 Å². The standard InChI is InChI=1S/C10H14ClN/c1-10(2,3)8-6-7(11)4-5-9(8)12/h4-6H,12H2,1-3H3. The first kappa shape index (κ1) is 9.40. The highest BCUT2D eigenvalue weighted by Crippen LogP contribution is 2.29. The van der Waals surface area contributed by atoms with Gasteiger partial charge in [-0.05, 0) is 29.2 Å². The van der Waals surface area contributed by atoms with Crippen molar-refractivity contribution in [2.24, 2.45) is 0 Å². The maximum absolute atomic E-state index is 5.87. The van der Waals surface area contributed by atoms with Crippen LogP contribution >= 0.6 is 11.6 Å². The van der Waals surface area contributed by atoms with Gasteiger partial charge in [0.25, 0.3) is 0 Å². The summed E-state index contributed by atoms with van der Waals surface area (Å²) in [6.45, 7) is 6.36. The summed E-state index contributed by atoms with van der Waals surface area (Å²) in [5.41, 5.74) is 7.80. The first-order chi connectivity index (χ1) is 5.41. The molecule has 0 aromatic heterocycles. The van der Waals surface area contributed by atoms with Gasteiger partial charge >= 0.3 is 0 Å². The van der Waals surface area contributed by atoms with Crippen molar-refractivity contribution in [3.05, 3.63) is 28.8 Å². The van der Waals surface area contributed by atoms with Gasteiger partial charge in [0.05, 0.1) is 0 Å². The first-order valence-electron chi connectivity index (χ1n) is 3.97. The normalized spacial score (nSPS) is 11.7. The molecule has 0 radical (unpaired) electrons. The lowest BCUT2D eigenvalue weighted by molar-refractivity contribution is 0.592. The van der Waals surface area contributed by atoms with E-state index in [1.165, 1.54) is 0 Å². The van der Waals surface area contributed by atoms with Crippen molar-refractivity contribution in [3.63, 3.8) is 0 Å². The van der Waals surface area contributed by atoms with E-state index in [-0.39, 0.29) is 5.41 Å². The Bertz CT molecular complexity index is 286. The molecule has 0 fully saturated rings. The molecule has 0 spiro atoms. The fraction of sp³-hybridized carbons (Fsp3) is 0.400. The molecule has 0 saturated heterocycles. The van der Waals surface area contributed by atoms with E-state index in [4.69, 9.17) is 17.3 Å². The number of hydrogen-bond acceptors (Lipinski definition) is 1. The Morgan fingerprint density at radius 2 is 1.83 bits per heavy atom. The zero-order valence-corrected chi connectivity index (χ0v) is 8.44. The molecule has 1 nitrogen and oxygen atoms in total. The van der Waals surface area contributed by atoms with Gasteiger partial charge in [-0.3, -0.25) is 0 Å². The van der Waals surface area contributed by atoms with Crippen LogP contribution in [0.1, 0.15) is 26.3 Å². The van der Waals surface area contributed by atoms with Gasteiger partial charge in [-0.25, -0.2) is 0 Å². The summed E-state index contributed by atoms with van der Waals surface area (Å²) < 4.78 is 0. The molecule has 0 aliphatic carbocycles. The number of hydrogen-bond donors (Lipinski definition) is 1. The third-order valence-corrected chi connectivity index (χ3v) is 2.06. The van der Waals surface area contributed by atoms with Crippen LogP contribution in [0.5, 0.6) is 0 Å². The summed E-state index contributed by atoms with van der Waals surface area (Å²) in [5.74, 6) is 0. The number of rotatable bonds is 0. The van der Waals surface area contributed by atoms with Crippen molar-refractivity contribution in [2.75, 3.05) is 5.73 Å². The van der Waals surface area contributed by atoms with Crippen molar-refractivity contribution in [2.45, 2.75) is 26.2 Å². The molecule has 2 heteroatoms. The maximum Gasteiger partial charge on any atom is 0.0410 e. The molecule has 66 valence electrons. The largest absolute Gasteiger partial charge is 0.398 e. The number of halogens is 1. The highest BCUT2D eigenvalue weighted by atomic mass is 35.5. The topological polar surface area (TPSA) is 26.0 Å². The second kappa shape index (κ2) is 2.98. The molecule has 1 aromatic carbocycles. The Hall–Kier alpha value is -0.690. The van der Waals surface area contributed by atoms with E-state index in [9.17, 15) is 0 Å². The summed E-state index contributed by atoms with van der Waals surface area (Å²) in [6, 6.07) is 5.59. The van der Waals surface area contributed by atoms with Gasteiger partial charge in [-0.1, -0.05) is 32.4 Å². The predicted octanol–water partition coefficient (Wildman–Crippen LogP) is 3.22. The molecule has 1 aromatic rings. The third-order valence-electron chi connectivity index (χ3n) is 1.82. The van der Waals surface area contributed by atoms with Crippen LogP contribution < -0.4 is 5.73 Å². The van der Waals surface area contributed by atoms with Crippen molar-refractivity contribution in [1.29, 1.82) is 0 Å². The second-order valence-corrected chi connectivity index (χ2v) is 4.42. The van der Waals surface area contributed by atoms with Gasteiger partial charge in [-0.15, -0.1) is 0 Å². The Morgan fingerprint density at radius 3 is 2.25 bits per heavy atom. The van der Waals surface area contributed by atoms with Crippen LogP contribution in [0.3, 0.4) is 0 Å². The van der Waals surface area contributed by atoms with E-state index in [2.05, 4.69) is 20.8 Å². The van der Waals surface area contributed by atoms with Gasteiger partial charge in [0.2, 0.25) is 0 Å². The zero-order valence-electron chi connectivity index (χ0n) is 7.69. The quantitative estimate of drug-likeness (QED) is 0.615. The van der Waals surface area contributed by atoms with Crippen molar-refractivity contribution in [1.82, 2.24) is 0 Å². The molecule has 1 rings (SSSR count). The second-order valence-electron chi connectivity index (χ2n) is 3.98. The van der Waals surface area contributed by atoms with Crippen LogP contribution in [0.25, 0.3) is 0 Å². The highest BCUT2D eigenvalue weighted by Gasteiger charge is 2.16. The molecule has 0 aliphatic rings. The number of benzene rings is 1. The lowest BCUT2D eigenvalue weighted by Gasteiger charge is -2.21. The molecule has 0 aliphatic heterocycles. The molecule has 0 heterocycles. The van der Waals surface area contributed by atoms with E-state index >= 15 is 0 Å². The molecule has 0 atom stereocenters. The minimum absolute atomic E-state index is 0.0645. The molecule has 0 amide bonds. The van der Waals surface area contributed by atoms with Crippen LogP contribution in [0.15, 0.2) is 18.2 Å². The van der Waals surface area contributed by atoms with Gasteiger partial charge in [0.1, 0.15) is 0 Å². The number of nitrogens with two attached hydrogens (primary N) is 1. The minimum atomic E-state index is 0.0645. The van der Waals surface area contributed by atoms with E-state index in [1.54, 1.807) is 0 Å². The summed E-state index contributed by atoms with van der Waals surface area (Å²) in [5, 5.41) is 0.745. The van der Waals surface area contributed by atoms with Gasteiger partial charge < -0.3 is 5.73 Å². The Morgan fingerprint density at radius 1 is 1.25 bits per heavy atom. The van der Waals surface area contributed by atoms with Crippen LogP contribution in [-0.2, 0) is 5.41 Å². The van der Waals surface area contributed by atoms with Gasteiger partial charge in [-0.2, -0.15) is 0 Å². The minimum Gasteiger partial charge on any atom is -0.398 e. The van der Waals surface area contributed by atoms with E-state index in [0.717, 1.165) is 16.3 Å². The lowest BCUT2D eigenvalue weighted by Crippen LogP contribution is -2.13.